The molecule has 3 saturated heterocycles. The molecule has 6 rings (SSSR count). The highest BCUT2D eigenvalue weighted by molar-refractivity contribution is 6.07. The van der Waals surface area contributed by atoms with Crippen LogP contribution in [0, 0.1) is 5.82 Å². The van der Waals surface area contributed by atoms with E-state index >= 15 is 0 Å². The lowest BCUT2D eigenvalue weighted by Gasteiger charge is -2.44. The lowest BCUT2D eigenvalue weighted by Crippen LogP contribution is -2.58. The van der Waals surface area contributed by atoms with Crippen molar-refractivity contribution in [2.45, 2.75) is 57.4 Å². The van der Waals surface area contributed by atoms with E-state index in [1.54, 1.807) is 12.1 Å². The number of piperidine rings is 1. The Balaban J connectivity index is 1.07. The largest absolute Gasteiger partial charge is 0.380 e. The minimum absolute atomic E-state index is 0.216. The fraction of sp³-hybridized carbons (Fsp3) is 0.464. The third-order valence-corrected chi connectivity index (χ3v) is 8.14. The summed E-state index contributed by atoms with van der Waals surface area (Å²) in [6, 6.07) is 10.9. The number of nitrogens with zero attached hydrogens (tertiary/aromatic N) is 3. The minimum Gasteiger partial charge on any atom is -0.380 e. The van der Waals surface area contributed by atoms with Gasteiger partial charge >= 0.3 is 0 Å². The lowest BCUT2D eigenvalue weighted by atomic mass is 10.0. The number of imide groups is 1. The van der Waals surface area contributed by atoms with E-state index in [1.165, 1.54) is 30.8 Å². The molecule has 9 heteroatoms. The maximum absolute atomic E-state index is 15.0. The van der Waals surface area contributed by atoms with Crippen LogP contribution in [0.1, 0.15) is 52.7 Å². The first-order valence-corrected chi connectivity index (χ1v) is 13.2. The standard InChI is InChI=1S/C28H32FN5O3/c29-22-12-18(14-32-16-21(17-32)33-10-1-2-11-33)6-7-19(22)13-30-23-5-3-4-20-15-34(28(37)26(20)23)24-8-9-25(35)31-27(24)36/h3-7,12,21,24,30H,1-2,8-11,13-17H2,(H,31,35,36). The second-order valence-corrected chi connectivity index (χ2v) is 10.6. The highest BCUT2D eigenvalue weighted by atomic mass is 19.1. The van der Waals surface area contributed by atoms with Crippen LogP contribution in [0.3, 0.4) is 0 Å². The van der Waals surface area contributed by atoms with Gasteiger partial charge in [0.15, 0.2) is 0 Å². The number of carbonyl (C=O) groups is 3. The van der Waals surface area contributed by atoms with E-state index in [0.29, 0.717) is 35.8 Å². The van der Waals surface area contributed by atoms with Gasteiger partial charge in [-0.15, -0.1) is 0 Å². The highest BCUT2D eigenvalue weighted by Gasteiger charge is 2.40. The summed E-state index contributed by atoms with van der Waals surface area (Å²) in [6.07, 6.45) is 3.14. The number of anilines is 1. The summed E-state index contributed by atoms with van der Waals surface area (Å²) in [5.41, 5.74) is 3.45. The molecule has 4 aliphatic rings. The Kier molecular flexibility index (Phi) is 6.42. The number of likely N-dealkylation sites (tertiary alicyclic amines) is 2. The zero-order valence-corrected chi connectivity index (χ0v) is 20.8. The molecule has 1 unspecified atom stereocenters. The van der Waals surface area contributed by atoms with Gasteiger partial charge in [0.05, 0.1) is 5.56 Å². The zero-order valence-electron chi connectivity index (χ0n) is 20.8. The van der Waals surface area contributed by atoms with Crippen molar-refractivity contribution in [3.63, 3.8) is 0 Å². The van der Waals surface area contributed by atoms with Gasteiger partial charge in [-0.2, -0.15) is 0 Å². The summed E-state index contributed by atoms with van der Waals surface area (Å²) in [5.74, 6) is -1.24. The molecule has 3 amide bonds. The molecule has 2 aromatic carbocycles. The number of nitrogens with one attached hydrogen (secondary N) is 2. The molecule has 0 bridgehead atoms. The van der Waals surface area contributed by atoms with Crippen molar-refractivity contribution < 1.29 is 18.8 Å². The van der Waals surface area contributed by atoms with Crippen molar-refractivity contribution in [1.82, 2.24) is 20.0 Å². The quantitative estimate of drug-likeness (QED) is 0.563. The van der Waals surface area contributed by atoms with Gasteiger partial charge in [0.25, 0.3) is 5.91 Å². The van der Waals surface area contributed by atoms with Crippen LogP contribution in [0.2, 0.25) is 0 Å². The first kappa shape index (κ1) is 24.1. The monoisotopic (exact) mass is 505 g/mol. The molecule has 1 atom stereocenters. The van der Waals surface area contributed by atoms with Crippen molar-refractivity contribution in [1.29, 1.82) is 0 Å². The molecule has 0 aliphatic carbocycles. The predicted molar refractivity (Wildman–Crippen MR) is 136 cm³/mol. The van der Waals surface area contributed by atoms with Gasteiger partial charge in [-0.25, -0.2) is 4.39 Å². The summed E-state index contributed by atoms with van der Waals surface area (Å²) < 4.78 is 15.0. The summed E-state index contributed by atoms with van der Waals surface area (Å²) in [6.45, 7) is 5.83. The van der Waals surface area contributed by atoms with Crippen LogP contribution in [0.15, 0.2) is 36.4 Å². The van der Waals surface area contributed by atoms with Crippen LogP contribution in [0.25, 0.3) is 0 Å². The number of hydrogen-bond acceptors (Lipinski definition) is 6. The molecule has 2 aromatic rings. The van der Waals surface area contributed by atoms with Crippen LogP contribution in [0.5, 0.6) is 0 Å². The molecule has 4 heterocycles. The van der Waals surface area contributed by atoms with Gasteiger partial charge in [-0.05, 0) is 55.6 Å². The van der Waals surface area contributed by atoms with Crippen LogP contribution in [-0.2, 0) is 29.2 Å². The average molecular weight is 506 g/mol. The first-order chi connectivity index (χ1) is 18.0. The molecule has 0 saturated carbocycles. The van der Waals surface area contributed by atoms with Crippen molar-refractivity contribution in [2.24, 2.45) is 0 Å². The van der Waals surface area contributed by atoms with Gasteiger partial charge in [-0.3, -0.25) is 29.5 Å². The molecule has 37 heavy (non-hydrogen) atoms. The van der Waals surface area contributed by atoms with Gasteiger partial charge < -0.3 is 10.2 Å². The Hall–Kier alpha value is -3.30. The average Bonchev–Trinajstić information content (AvgIpc) is 3.49. The van der Waals surface area contributed by atoms with E-state index in [4.69, 9.17) is 0 Å². The molecule has 0 radical (unpaired) electrons. The van der Waals surface area contributed by atoms with Crippen molar-refractivity contribution in [3.8, 4) is 0 Å². The SMILES string of the molecule is O=C1CCC(N2Cc3cccc(NCc4ccc(CN5CC(N6CCCC6)C5)cc4F)c3C2=O)C(=O)N1. The van der Waals surface area contributed by atoms with Crippen LogP contribution in [0.4, 0.5) is 10.1 Å². The predicted octanol–water partition coefficient (Wildman–Crippen LogP) is 2.48. The molecule has 0 spiro atoms. The number of benzene rings is 2. The molecule has 3 fully saturated rings. The van der Waals surface area contributed by atoms with E-state index in [9.17, 15) is 18.8 Å². The fourth-order valence-corrected chi connectivity index (χ4v) is 6.05. The van der Waals surface area contributed by atoms with Crippen LogP contribution >= 0.6 is 0 Å². The number of carbonyl (C=O) groups excluding carboxylic acids is 3. The fourth-order valence-electron chi connectivity index (χ4n) is 6.05. The normalized spacial score (nSPS) is 22.8. The third kappa shape index (κ3) is 4.73. The van der Waals surface area contributed by atoms with Crippen molar-refractivity contribution in [3.05, 3.63) is 64.5 Å². The molecule has 2 N–H and O–H groups in total. The number of fused-ring (bicyclic) bond motifs is 1. The Morgan fingerprint density at radius 3 is 2.62 bits per heavy atom. The second kappa shape index (κ2) is 9.87. The van der Waals surface area contributed by atoms with Gasteiger partial charge in [-0.1, -0.05) is 24.3 Å². The smallest absolute Gasteiger partial charge is 0.257 e. The number of halogens is 1. The summed E-state index contributed by atoms with van der Waals surface area (Å²) in [4.78, 5) is 43.5. The van der Waals surface area contributed by atoms with E-state index in [1.807, 2.05) is 24.3 Å². The Labute approximate surface area is 215 Å². The summed E-state index contributed by atoms with van der Waals surface area (Å²) >= 11 is 0. The topological polar surface area (TPSA) is 85.0 Å². The number of hydrogen-bond donors (Lipinski definition) is 2. The number of amides is 3. The maximum atomic E-state index is 15.0. The molecule has 0 aromatic heterocycles. The van der Waals surface area contributed by atoms with Crippen molar-refractivity contribution >= 4 is 23.4 Å². The van der Waals surface area contributed by atoms with E-state index < -0.39 is 11.9 Å². The van der Waals surface area contributed by atoms with E-state index in [2.05, 4.69) is 20.4 Å². The third-order valence-electron chi connectivity index (χ3n) is 8.14. The first-order valence-electron chi connectivity index (χ1n) is 13.2. The molecular formula is C28H32FN5O3. The molecule has 194 valence electrons. The molecule has 8 nitrogen and oxygen atoms in total. The summed E-state index contributed by atoms with van der Waals surface area (Å²) in [7, 11) is 0. The van der Waals surface area contributed by atoms with Gasteiger partial charge in [0.2, 0.25) is 11.8 Å². The van der Waals surface area contributed by atoms with Crippen LogP contribution in [-0.4, -0.2) is 70.7 Å². The Bertz CT molecular complexity index is 1240. The number of rotatable bonds is 7. The highest BCUT2D eigenvalue weighted by Crippen LogP contribution is 2.32. The molecular weight excluding hydrogens is 473 g/mol. The van der Waals surface area contributed by atoms with Gasteiger partial charge in [0, 0.05) is 56.4 Å². The Morgan fingerprint density at radius 2 is 1.86 bits per heavy atom. The van der Waals surface area contributed by atoms with Gasteiger partial charge in [0.1, 0.15) is 11.9 Å². The minimum atomic E-state index is -0.660. The molecule has 4 aliphatic heterocycles. The van der Waals surface area contributed by atoms with E-state index in [-0.39, 0.29) is 30.6 Å². The summed E-state index contributed by atoms with van der Waals surface area (Å²) in [5, 5.41) is 5.56. The zero-order chi connectivity index (χ0) is 25.5. The van der Waals surface area contributed by atoms with E-state index in [0.717, 1.165) is 30.8 Å². The lowest BCUT2D eigenvalue weighted by molar-refractivity contribution is -0.136. The Morgan fingerprint density at radius 1 is 1.05 bits per heavy atom. The van der Waals surface area contributed by atoms with Crippen molar-refractivity contribution in [2.75, 3.05) is 31.5 Å². The second-order valence-electron chi connectivity index (χ2n) is 10.6. The van der Waals surface area contributed by atoms with Crippen LogP contribution < -0.4 is 10.6 Å². The maximum Gasteiger partial charge on any atom is 0.257 e.